The molecule has 2 heterocycles. The largest absolute Gasteiger partial charge is 0.297 e. The van der Waals surface area contributed by atoms with E-state index in [-0.39, 0.29) is 5.41 Å². The minimum absolute atomic E-state index is 0.109. The zero-order valence-corrected chi connectivity index (χ0v) is 21.0. The molecule has 4 aromatic rings. The minimum Gasteiger partial charge on any atom is -0.297 e. The van der Waals surface area contributed by atoms with Gasteiger partial charge in [-0.05, 0) is 70.3 Å². The van der Waals surface area contributed by atoms with Crippen LogP contribution in [0.2, 0.25) is 0 Å². The minimum atomic E-state index is 0.109. The van der Waals surface area contributed by atoms with Crippen molar-refractivity contribution in [3.05, 3.63) is 82.0 Å². The summed E-state index contributed by atoms with van der Waals surface area (Å²) in [6, 6.07) is 22.5. The highest BCUT2D eigenvalue weighted by molar-refractivity contribution is 7.22. The summed E-state index contributed by atoms with van der Waals surface area (Å²) in [5, 5.41) is 2.17. The van der Waals surface area contributed by atoms with Crippen molar-refractivity contribution < 1.29 is 4.79 Å². The fourth-order valence-electron chi connectivity index (χ4n) is 5.51. The molecule has 0 unspecified atom stereocenters. The normalized spacial score (nSPS) is 13.6. The van der Waals surface area contributed by atoms with Gasteiger partial charge >= 0.3 is 0 Å². The molecule has 3 heteroatoms. The van der Waals surface area contributed by atoms with Gasteiger partial charge in [-0.1, -0.05) is 75.9 Å². The lowest BCUT2D eigenvalue weighted by Gasteiger charge is -2.33. The molecule has 0 spiro atoms. The molecule has 2 aromatic carbocycles. The molecule has 0 aliphatic heterocycles. The van der Waals surface area contributed by atoms with Crippen LogP contribution in [-0.2, 0) is 5.41 Å². The molecule has 1 nitrogen and oxygen atoms in total. The molecule has 1 aliphatic carbocycles. The molecule has 0 fully saturated rings. The Morgan fingerprint density at radius 1 is 0.818 bits per heavy atom. The number of hydrogen-bond acceptors (Lipinski definition) is 3. The van der Waals surface area contributed by atoms with E-state index >= 15 is 0 Å². The van der Waals surface area contributed by atoms with E-state index in [0.717, 1.165) is 11.2 Å². The molecule has 0 atom stereocenters. The molecular formula is C30H30OS2. The summed E-state index contributed by atoms with van der Waals surface area (Å²) >= 11 is 3.34. The molecule has 33 heavy (non-hydrogen) atoms. The van der Waals surface area contributed by atoms with Gasteiger partial charge in [-0.15, -0.1) is 22.7 Å². The number of rotatable bonds is 9. The van der Waals surface area contributed by atoms with Gasteiger partial charge in [-0.25, -0.2) is 0 Å². The van der Waals surface area contributed by atoms with Gasteiger partial charge in [0.1, 0.15) is 0 Å². The van der Waals surface area contributed by atoms with E-state index in [9.17, 15) is 4.79 Å². The number of aldehydes is 1. The smallest absolute Gasteiger partial charge is 0.160 e. The second-order valence-corrected chi connectivity index (χ2v) is 11.1. The standard InChI is InChI=1S/C30H30OS2/c1-3-5-16-30(17-6-4-2)26-10-8-7-9-24(26)25-13-11-21(19-27(25)30)23-15-18-32-29(23)28-14-12-22(20-31)33-28/h7-15,18-20H,3-6,16-17H2,1-2H3. The molecule has 168 valence electrons. The first-order valence-electron chi connectivity index (χ1n) is 12.1. The van der Waals surface area contributed by atoms with Crippen LogP contribution in [0.4, 0.5) is 0 Å². The van der Waals surface area contributed by atoms with Gasteiger partial charge in [0.2, 0.25) is 0 Å². The molecule has 0 radical (unpaired) electrons. The van der Waals surface area contributed by atoms with Crippen LogP contribution >= 0.6 is 22.7 Å². The average molecular weight is 471 g/mol. The summed E-state index contributed by atoms with van der Waals surface area (Å²) < 4.78 is 0. The fourth-order valence-corrected chi connectivity index (χ4v) is 7.39. The van der Waals surface area contributed by atoms with Crippen LogP contribution in [-0.4, -0.2) is 6.29 Å². The third kappa shape index (κ3) is 3.82. The highest BCUT2D eigenvalue weighted by Gasteiger charge is 2.42. The van der Waals surface area contributed by atoms with Gasteiger partial charge in [-0.3, -0.25) is 4.79 Å². The van der Waals surface area contributed by atoms with E-state index in [2.05, 4.69) is 73.8 Å². The Hall–Kier alpha value is -2.49. The molecule has 0 amide bonds. The highest BCUT2D eigenvalue weighted by atomic mass is 32.1. The summed E-state index contributed by atoms with van der Waals surface area (Å²) in [4.78, 5) is 14.5. The van der Waals surface area contributed by atoms with Crippen LogP contribution in [0.25, 0.3) is 32.0 Å². The molecule has 2 aromatic heterocycles. The van der Waals surface area contributed by atoms with Crippen molar-refractivity contribution in [1.29, 1.82) is 0 Å². The Labute approximate surface area is 205 Å². The van der Waals surface area contributed by atoms with Crippen molar-refractivity contribution in [2.24, 2.45) is 0 Å². The lowest BCUT2D eigenvalue weighted by molar-refractivity contribution is 0.112. The van der Waals surface area contributed by atoms with Crippen molar-refractivity contribution in [2.75, 3.05) is 0 Å². The molecule has 0 N–H and O–H groups in total. The first-order chi connectivity index (χ1) is 16.2. The van der Waals surface area contributed by atoms with E-state index in [1.165, 1.54) is 81.7 Å². The number of carbonyl (C=O) groups excluding carboxylic acids is 1. The van der Waals surface area contributed by atoms with E-state index in [0.29, 0.717) is 0 Å². The Bertz CT molecular complexity index is 1270. The second kappa shape index (κ2) is 9.40. The SMILES string of the molecule is CCCCC1(CCCC)c2ccccc2-c2ccc(-c3ccsc3-c3ccc(C=O)s3)cc21. The predicted octanol–water partition coefficient (Wildman–Crippen LogP) is 9.60. The topological polar surface area (TPSA) is 17.1 Å². The first-order valence-corrected chi connectivity index (χ1v) is 13.8. The zero-order valence-electron chi connectivity index (χ0n) is 19.4. The Balaban J connectivity index is 1.66. The van der Waals surface area contributed by atoms with Gasteiger partial charge in [0.25, 0.3) is 0 Å². The average Bonchev–Trinajstić information content (AvgIpc) is 3.58. The number of carbonyl (C=O) groups is 1. The molecule has 5 rings (SSSR count). The van der Waals surface area contributed by atoms with Gasteiger partial charge in [0, 0.05) is 15.9 Å². The Morgan fingerprint density at radius 2 is 1.58 bits per heavy atom. The van der Waals surface area contributed by atoms with Gasteiger partial charge in [0.05, 0.1) is 9.75 Å². The molecule has 0 saturated heterocycles. The molecular weight excluding hydrogens is 440 g/mol. The number of benzene rings is 2. The summed E-state index contributed by atoms with van der Waals surface area (Å²) in [5.41, 5.74) is 8.55. The van der Waals surface area contributed by atoms with Crippen molar-refractivity contribution in [2.45, 2.75) is 57.8 Å². The van der Waals surface area contributed by atoms with E-state index in [1.807, 2.05) is 6.07 Å². The van der Waals surface area contributed by atoms with E-state index < -0.39 is 0 Å². The number of unbranched alkanes of at least 4 members (excludes halogenated alkanes) is 2. The summed E-state index contributed by atoms with van der Waals surface area (Å²) in [7, 11) is 0. The third-order valence-corrected chi connectivity index (χ3v) is 9.23. The predicted molar refractivity (Wildman–Crippen MR) is 144 cm³/mol. The summed E-state index contributed by atoms with van der Waals surface area (Å²) in [5.74, 6) is 0. The van der Waals surface area contributed by atoms with Crippen molar-refractivity contribution >= 4 is 29.0 Å². The lowest BCUT2D eigenvalue weighted by Crippen LogP contribution is -2.25. The maximum atomic E-state index is 11.2. The fraction of sp³-hybridized carbons (Fsp3) is 0.300. The van der Waals surface area contributed by atoms with E-state index in [4.69, 9.17) is 0 Å². The Morgan fingerprint density at radius 3 is 2.30 bits per heavy atom. The Kier molecular flexibility index (Phi) is 6.36. The summed E-state index contributed by atoms with van der Waals surface area (Å²) in [6.45, 7) is 4.61. The van der Waals surface area contributed by atoms with Crippen LogP contribution in [0, 0.1) is 0 Å². The van der Waals surface area contributed by atoms with Crippen LogP contribution in [0.3, 0.4) is 0 Å². The van der Waals surface area contributed by atoms with Crippen molar-refractivity contribution in [3.63, 3.8) is 0 Å². The third-order valence-electron chi connectivity index (χ3n) is 7.13. The molecule has 1 aliphatic rings. The maximum Gasteiger partial charge on any atom is 0.160 e. The molecule has 0 saturated carbocycles. The van der Waals surface area contributed by atoms with Gasteiger partial charge < -0.3 is 0 Å². The van der Waals surface area contributed by atoms with Crippen LogP contribution in [0.15, 0.2) is 66.0 Å². The van der Waals surface area contributed by atoms with Crippen LogP contribution < -0.4 is 0 Å². The monoisotopic (exact) mass is 470 g/mol. The number of fused-ring (bicyclic) bond motifs is 3. The quantitative estimate of drug-likeness (QED) is 0.223. The second-order valence-electron chi connectivity index (χ2n) is 9.08. The number of thiophene rings is 2. The van der Waals surface area contributed by atoms with Crippen molar-refractivity contribution in [1.82, 2.24) is 0 Å². The highest BCUT2D eigenvalue weighted by Crippen LogP contribution is 2.55. The van der Waals surface area contributed by atoms with Crippen LogP contribution in [0.1, 0.15) is 73.2 Å². The first kappa shape index (κ1) is 22.3. The maximum absolute atomic E-state index is 11.2. The van der Waals surface area contributed by atoms with Crippen LogP contribution in [0.5, 0.6) is 0 Å². The van der Waals surface area contributed by atoms with Gasteiger partial charge in [-0.2, -0.15) is 0 Å². The van der Waals surface area contributed by atoms with E-state index in [1.54, 1.807) is 22.7 Å². The summed E-state index contributed by atoms with van der Waals surface area (Å²) in [6.07, 6.45) is 8.30. The molecule has 0 bridgehead atoms. The lowest BCUT2D eigenvalue weighted by atomic mass is 9.70. The van der Waals surface area contributed by atoms with Gasteiger partial charge in [0.15, 0.2) is 6.29 Å². The number of hydrogen-bond donors (Lipinski definition) is 0. The zero-order chi connectivity index (χ0) is 22.8. The van der Waals surface area contributed by atoms with Crippen molar-refractivity contribution in [3.8, 4) is 32.0 Å².